The van der Waals surface area contributed by atoms with Crippen LogP contribution in [0.25, 0.3) is 0 Å². The highest BCUT2D eigenvalue weighted by atomic mass is 35.5. The molecular weight excluding hydrogens is 395 g/mol. The molecule has 0 fully saturated rings. The highest BCUT2D eigenvalue weighted by molar-refractivity contribution is 5.85. The molecule has 0 saturated heterocycles. The maximum Gasteiger partial charge on any atom is 0.148 e. The molecule has 1 aliphatic rings. The molecule has 3 aromatic rings. The van der Waals surface area contributed by atoms with Crippen molar-refractivity contribution in [1.82, 2.24) is 25.1 Å². The first kappa shape index (κ1) is 22.0. The summed E-state index contributed by atoms with van der Waals surface area (Å²) >= 11 is 0. The maximum atomic E-state index is 4.45. The molecule has 8 heteroatoms. The normalized spacial score (nSPS) is 13.0. The largest absolute Gasteiger partial charge is 0.364 e. The lowest BCUT2D eigenvalue weighted by molar-refractivity contribution is 0.242. The van der Waals surface area contributed by atoms with Gasteiger partial charge in [-0.1, -0.05) is 6.07 Å². The Labute approximate surface area is 177 Å². The van der Waals surface area contributed by atoms with Crippen molar-refractivity contribution in [3.8, 4) is 0 Å². The minimum absolute atomic E-state index is 0. The Kier molecular flexibility index (Phi) is 8.11. The molecule has 148 valence electrons. The smallest absolute Gasteiger partial charge is 0.148 e. The van der Waals surface area contributed by atoms with Crippen molar-refractivity contribution in [2.24, 2.45) is 0 Å². The van der Waals surface area contributed by atoms with E-state index in [1.807, 2.05) is 49.8 Å². The maximum absolute atomic E-state index is 4.45. The van der Waals surface area contributed by atoms with Gasteiger partial charge in [-0.05, 0) is 54.3 Å². The van der Waals surface area contributed by atoms with Crippen LogP contribution in [0.15, 0.2) is 48.9 Å². The van der Waals surface area contributed by atoms with Crippen LogP contribution in [-0.4, -0.2) is 31.6 Å². The number of aryl methyl sites for hydroxylation is 1. The van der Waals surface area contributed by atoms with Gasteiger partial charge in [0.15, 0.2) is 0 Å². The van der Waals surface area contributed by atoms with Crippen molar-refractivity contribution in [2.75, 3.05) is 11.9 Å². The number of anilines is 1. The summed E-state index contributed by atoms with van der Waals surface area (Å²) in [6.45, 7) is 5.48. The molecule has 0 atom stereocenters. The Bertz CT molecular complexity index is 874. The van der Waals surface area contributed by atoms with Crippen molar-refractivity contribution in [1.29, 1.82) is 0 Å². The van der Waals surface area contributed by atoms with Crippen LogP contribution in [0.3, 0.4) is 0 Å². The topological polar surface area (TPSA) is 66.8 Å². The summed E-state index contributed by atoms with van der Waals surface area (Å²) in [5, 5.41) is 11.6. The van der Waals surface area contributed by atoms with Gasteiger partial charge in [-0.25, -0.2) is 0 Å². The molecule has 0 aliphatic carbocycles. The zero-order valence-corrected chi connectivity index (χ0v) is 17.3. The number of nitrogens with one attached hydrogen (secondary N) is 1. The third-order valence-corrected chi connectivity index (χ3v) is 4.68. The van der Waals surface area contributed by atoms with Crippen LogP contribution in [0.1, 0.15) is 28.1 Å². The molecule has 0 spiro atoms. The van der Waals surface area contributed by atoms with E-state index in [-0.39, 0.29) is 24.8 Å². The van der Waals surface area contributed by atoms with E-state index < -0.39 is 0 Å². The average Bonchev–Trinajstić information content (AvgIpc) is 2.68. The van der Waals surface area contributed by atoms with Gasteiger partial charge < -0.3 is 5.32 Å². The third-order valence-electron chi connectivity index (χ3n) is 4.68. The van der Waals surface area contributed by atoms with Crippen LogP contribution in [0.2, 0.25) is 0 Å². The number of halogens is 2. The fourth-order valence-electron chi connectivity index (χ4n) is 3.31. The second-order valence-corrected chi connectivity index (χ2v) is 6.63. The first-order valence-electron chi connectivity index (χ1n) is 8.89. The zero-order valence-electron chi connectivity index (χ0n) is 15.7. The quantitative estimate of drug-likeness (QED) is 0.682. The minimum Gasteiger partial charge on any atom is -0.364 e. The second kappa shape index (κ2) is 10.3. The standard InChI is InChI=1S/C20H22N6.2ClH/c1-15-5-6-20(25-24-15)23-12-16-10-21-11-17-13-26(9-7-19(16)17)14-18-4-2-3-8-22-18;;/h2-6,8,10-11H,7,9,12-14H2,1H3,(H,23,25);2*1H. The molecule has 0 aromatic carbocycles. The summed E-state index contributed by atoms with van der Waals surface area (Å²) in [6.07, 6.45) is 6.84. The molecule has 6 nitrogen and oxygen atoms in total. The van der Waals surface area contributed by atoms with Crippen LogP contribution in [-0.2, 0) is 26.1 Å². The molecule has 3 aromatic heterocycles. The molecule has 0 amide bonds. The Morgan fingerprint density at radius 3 is 2.71 bits per heavy atom. The molecule has 4 heterocycles. The minimum atomic E-state index is 0. The second-order valence-electron chi connectivity index (χ2n) is 6.63. The summed E-state index contributed by atoms with van der Waals surface area (Å²) in [7, 11) is 0. The van der Waals surface area contributed by atoms with Gasteiger partial charge in [0.2, 0.25) is 0 Å². The first-order chi connectivity index (χ1) is 12.8. The van der Waals surface area contributed by atoms with Gasteiger partial charge in [0, 0.05) is 44.8 Å². The monoisotopic (exact) mass is 418 g/mol. The first-order valence-corrected chi connectivity index (χ1v) is 8.89. The van der Waals surface area contributed by atoms with E-state index in [2.05, 4.69) is 36.4 Å². The van der Waals surface area contributed by atoms with E-state index in [1.54, 1.807) is 0 Å². The lowest BCUT2D eigenvalue weighted by Crippen LogP contribution is -2.31. The number of hydrogen-bond donors (Lipinski definition) is 1. The molecule has 1 aliphatic heterocycles. The molecule has 1 N–H and O–H groups in total. The van der Waals surface area contributed by atoms with Crippen LogP contribution in [0.4, 0.5) is 5.82 Å². The fraction of sp³-hybridized carbons (Fsp3) is 0.300. The molecule has 28 heavy (non-hydrogen) atoms. The Balaban J connectivity index is 0.00000140. The SMILES string of the molecule is Cc1ccc(NCc2cncc3c2CCN(Cc2ccccn2)C3)nn1.Cl.Cl. The van der Waals surface area contributed by atoms with Crippen molar-refractivity contribution in [3.05, 3.63) is 77.0 Å². The van der Waals surface area contributed by atoms with Gasteiger partial charge in [0.05, 0.1) is 11.4 Å². The molecule has 0 bridgehead atoms. The van der Waals surface area contributed by atoms with E-state index in [1.165, 1.54) is 16.7 Å². The lowest BCUT2D eigenvalue weighted by Gasteiger charge is -2.29. The predicted molar refractivity (Wildman–Crippen MR) is 115 cm³/mol. The van der Waals surface area contributed by atoms with E-state index in [0.29, 0.717) is 6.54 Å². The van der Waals surface area contributed by atoms with Crippen LogP contribution in [0.5, 0.6) is 0 Å². The van der Waals surface area contributed by atoms with Gasteiger partial charge >= 0.3 is 0 Å². The molecule has 0 unspecified atom stereocenters. The highest BCUT2D eigenvalue weighted by Crippen LogP contribution is 2.23. The van der Waals surface area contributed by atoms with Gasteiger partial charge in [-0.3, -0.25) is 14.9 Å². The van der Waals surface area contributed by atoms with E-state index in [0.717, 1.165) is 43.3 Å². The Morgan fingerprint density at radius 1 is 1.07 bits per heavy atom. The van der Waals surface area contributed by atoms with Crippen molar-refractivity contribution >= 4 is 30.6 Å². The summed E-state index contributed by atoms with van der Waals surface area (Å²) in [5.41, 5.74) is 5.98. The van der Waals surface area contributed by atoms with Crippen molar-refractivity contribution in [3.63, 3.8) is 0 Å². The van der Waals surface area contributed by atoms with Gasteiger partial charge in [-0.2, -0.15) is 5.10 Å². The van der Waals surface area contributed by atoms with Crippen LogP contribution >= 0.6 is 24.8 Å². The highest BCUT2D eigenvalue weighted by Gasteiger charge is 2.19. The Hall–Kier alpha value is -2.28. The van der Waals surface area contributed by atoms with Crippen molar-refractivity contribution in [2.45, 2.75) is 33.0 Å². The number of nitrogens with zero attached hydrogens (tertiary/aromatic N) is 5. The average molecular weight is 419 g/mol. The molecule has 0 radical (unpaired) electrons. The number of aromatic nitrogens is 4. The predicted octanol–water partition coefficient (Wildman–Crippen LogP) is 3.59. The number of rotatable bonds is 5. The van der Waals surface area contributed by atoms with E-state index >= 15 is 0 Å². The summed E-state index contributed by atoms with van der Waals surface area (Å²) < 4.78 is 0. The molecular formula is C20H24Cl2N6. The lowest BCUT2D eigenvalue weighted by atomic mass is 9.97. The van der Waals surface area contributed by atoms with Crippen LogP contribution < -0.4 is 5.32 Å². The van der Waals surface area contributed by atoms with Gasteiger partial charge in [-0.15, -0.1) is 29.9 Å². The van der Waals surface area contributed by atoms with Gasteiger partial charge in [0.1, 0.15) is 5.82 Å². The third kappa shape index (κ3) is 5.38. The fourth-order valence-corrected chi connectivity index (χ4v) is 3.31. The van der Waals surface area contributed by atoms with E-state index in [9.17, 15) is 0 Å². The molecule has 0 saturated carbocycles. The Morgan fingerprint density at radius 2 is 1.96 bits per heavy atom. The van der Waals surface area contributed by atoms with Crippen LogP contribution in [0, 0.1) is 6.92 Å². The van der Waals surface area contributed by atoms with E-state index in [4.69, 9.17) is 0 Å². The number of hydrogen-bond acceptors (Lipinski definition) is 6. The molecule has 4 rings (SSSR count). The summed E-state index contributed by atoms with van der Waals surface area (Å²) in [6, 6.07) is 10.00. The number of pyridine rings is 2. The summed E-state index contributed by atoms with van der Waals surface area (Å²) in [5.74, 6) is 0.792. The van der Waals surface area contributed by atoms with Gasteiger partial charge in [0.25, 0.3) is 0 Å². The zero-order chi connectivity index (χ0) is 17.8. The van der Waals surface area contributed by atoms with Crippen molar-refractivity contribution < 1.29 is 0 Å². The summed E-state index contributed by atoms with van der Waals surface area (Å²) in [4.78, 5) is 11.3. The number of fused-ring (bicyclic) bond motifs is 1.